The molecule has 1 rings (SSSR count). The third-order valence-electron chi connectivity index (χ3n) is 2.14. The average Bonchev–Trinajstić information content (AvgIpc) is 2.19. The van der Waals surface area contributed by atoms with Crippen molar-refractivity contribution in [3.05, 3.63) is 33.8 Å². The summed E-state index contributed by atoms with van der Waals surface area (Å²) in [5, 5.41) is 8.61. The number of carbonyl (C=O) groups is 1. The van der Waals surface area contributed by atoms with E-state index in [1.165, 1.54) is 0 Å². The van der Waals surface area contributed by atoms with Gasteiger partial charge in [0.05, 0.1) is 10.0 Å². The van der Waals surface area contributed by atoms with E-state index < -0.39 is 11.3 Å². The van der Waals surface area contributed by atoms with Crippen molar-refractivity contribution in [3.8, 4) is 0 Å². The zero-order chi connectivity index (χ0) is 11.6. The molecule has 0 bridgehead atoms. The standard InChI is InChI=1S/C10H9Cl3O2/c1-5(9(13)10(14)15)6-2-3-7(11)8(12)4-6/h2-5,9H,1H3,(H,14,15). The maximum Gasteiger partial charge on any atom is 0.322 e. The van der Waals surface area contributed by atoms with Crippen LogP contribution in [0, 0.1) is 0 Å². The molecule has 1 aromatic carbocycles. The number of rotatable bonds is 3. The highest BCUT2D eigenvalue weighted by atomic mass is 35.5. The fourth-order valence-corrected chi connectivity index (χ4v) is 1.63. The molecule has 0 aromatic heterocycles. The third kappa shape index (κ3) is 3.00. The van der Waals surface area contributed by atoms with Gasteiger partial charge in [0, 0.05) is 5.92 Å². The Kier molecular flexibility index (Phi) is 4.26. The van der Waals surface area contributed by atoms with Gasteiger partial charge in [-0.05, 0) is 17.7 Å². The Balaban J connectivity index is 2.96. The summed E-state index contributed by atoms with van der Waals surface area (Å²) in [6.45, 7) is 1.73. The second-order valence-corrected chi connectivity index (χ2v) is 4.49. The van der Waals surface area contributed by atoms with Gasteiger partial charge in [-0.15, -0.1) is 11.6 Å². The lowest BCUT2D eigenvalue weighted by Gasteiger charge is -2.15. The second kappa shape index (κ2) is 5.06. The summed E-state index contributed by atoms with van der Waals surface area (Å²) in [6.07, 6.45) is 0. The third-order valence-corrected chi connectivity index (χ3v) is 3.45. The number of alkyl halides is 1. The van der Waals surface area contributed by atoms with Crippen molar-refractivity contribution in [2.45, 2.75) is 18.2 Å². The molecule has 1 aromatic rings. The summed E-state index contributed by atoms with van der Waals surface area (Å²) in [7, 11) is 0. The van der Waals surface area contributed by atoms with Gasteiger partial charge in [0.1, 0.15) is 5.38 Å². The van der Waals surface area contributed by atoms with E-state index in [2.05, 4.69) is 0 Å². The molecule has 0 aliphatic rings. The largest absolute Gasteiger partial charge is 0.480 e. The van der Waals surface area contributed by atoms with Crippen LogP contribution in [-0.2, 0) is 4.79 Å². The van der Waals surface area contributed by atoms with Crippen LogP contribution in [0.15, 0.2) is 18.2 Å². The molecule has 0 amide bonds. The first-order chi connectivity index (χ1) is 6.93. The molecule has 82 valence electrons. The van der Waals surface area contributed by atoms with Gasteiger partial charge in [-0.25, -0.2) is 0 Å². The molecule has 2 nitrogen and oxygen atoms in total. The normalized spacial score (nSPS) is 14.7. The van der Waals surface area contributed by atoms with Gasteiger partial charge in [0.2, 0.25) is 0 Å². The Bertz CT molecular complexity index is 379. The minimum Gasteiger partial charge on any atom is -0.480 e. The predicted molar refractivity (Wildman–Crippen MR) is 62.2 cm³/mol. The van der Waals surface area contributed by atoms with E-state index in [1.54, 1.807) is 25.1 Å². The van der Waals surface area contributed by atoms with E-state index in [0.717, 1.165) is 5.56 Å². The van der Waals surface area contributed by atoms with Crippen LogP contribution in [-0.4, -0.2) is 16.5 Å². The van der Waals surface area contributed by atoms with E-state index in [0.29, 0.717) is 10.0 Å². The van der Waals surface area contributed by atoms with Crippen LogP contribution >= 0.6 is 34.8 Å². The van der Waals surface area contributed by atoms with E-state index in [-0.39, 0.29) is 5.92 Å². The number of carboxylic acids is 1. The van der Waals surface area contributed by atoms with Gasteiger partial charge in [0.25, 0.3) is 0 Å². The molecule has 1 N–H and O–H groups in total. The molecule has 0 heterocycles. The highest BCUT2D eigenvalue weighted by Crippen LogP contribution is 2.29. The highest BCUT2D eigenvalue weighted by Gasteiger charge is 2.23. The Hall–Kier alpha value is -0.440. The van der Waals surface area contributed by atoms with E-state index in [1.807, 2.05) is 0 Å². The number of hydrogen-bond acceptors (Lipinski definition) is 1. The van der Waals surface area contributed by atoms with Crippen molar-refractivity contribution in [3.63, 3.8) is 0 Å². The van der Waals surface area contributed by atoms with Gasteiger partial charge in [-0.1, -0.05) is 36.2 Å². The van der Waals surface area contributed by atoms with Crippen LogP contribution < -0.4 is 0 Å². The van der Waals surface area contributed by atoms with Crippen molar-refractivity contribution < 1.29 is 9.90 Å². The van der Waals surface area contributed by atoms with Crippen molar-refractivity contribution in [2.75, 3.05) is 0 Å². The van der Waals surface area contributed by atoms with Gasteiger partial charge in [0.15, 0.2) is 0 Å². The van der Waals surface area contributed by atoms with Gasteiger partial charge < -0.3 is 5.11 Å². The van der Waals surface area contributed by atoms with Crippen molar-refractivity contribution in [2.24, 2.45) is 0 Å². The second-order valence-electron chi connectivity index (χ2n) is 3.20. The minimum atomic E-state index is -1.05. The molecule has 0 radical (unpaired) electrons. The smallest absolute Gasteiger partial charge is 0.322 e. The molecule has 2 atom stereocenters. The predicted octanol–water partition coefficient (Wildman–Crippen LogP) is 3.79. The van der Waals surface area contributed by atoms with E-state index in [9.17, 15) is 4.79 Å². The molecule has 2 unspecified atom stereocenters. The molecular weight excluding hydrogens is 258 g/mol. The monoisotopic (exact) mass is 266 g/mol. The number of hydrogen-bond donors (Lipinski definition) is 1. The maximum absolute atomic E-state index is 10.7. The summed E-state index contributed by atoms with van der Waals surface area (Å²) in [5.41, 5.74) is 0.756. The quantitative estimate of drug-likeness (QED) is 0.846. The molecule has 0 saturated heterocycles. The fourth-order valence-electron chi connectivity index (χ4n) is 1.18. The molecule has 0 saturated carbocycles. The highest BCUT2D eigenvalue weighted by molar-refractivity contribution is 6.42. The van der Waals surface area contributed by atoms with Crippen LogP contribution in [0.5, 0.6) is 0 Å². The van der Waals surface area contributed by atoms with E-state index in [4.69, 9.17) is 39.9 Å². The van der Waals surface area contributed by atoms with Gasteiger partial charge >= 0.3 is 5.97 Å². The SMILES string of the molecule is CC(c1ccc(Cl)c(Cl)c1)C(Cl)C(=O)O. The molecule has 5 heteroatoms. The molecular formula is C10H9Cl3O2. The zero-order valence-electron chi connectivity index (χ0n) is 7.88. The number of halogens is 3. The summed E-state index contributed by atoms with van der Waals surface area (Å²) in [4.78, 5) is 10.7. The van der Waals surface area contributed by atoms with Crippen LogP contribution in [0.25, 0.3) is 0 Å². The fraction of sp³-hybridized carbons (Fsp3) is 0.300. The van der Waals surface area contributed by atoms with Crippen molar-refractivity contribution in [1.82, 2.24) is 0 Å². The Morgan fingerprint density at radius 2 is 1.93 bits per heavy atom. The zero-order valence-corrected chi connectivity index (χ0v) is 10.1. The number of benzene rings is 1. The maximum atomic E-state index is 10.7. The Labute approximate surface area is 103 Å². The molecule has 0 aliphatic heterocycles. The average molecular weight is 268 g/mol. The van der Waals surface area contributed by atoms with Crippen LogP contribution in [0.2, 0.25) is 10.0 Å². The van der Waals surface area contributed by atoms with Crippen molar-refractivity contribution in [1.29, 1.82) is 0 Å². The summed E-state index contributed by atoms with van der Waals surface area (Å²) >= 11 is 17.3. The molecule has 0 fully saturated rings. The molecule has 0 aliphatic carbocycles. The summed E-state index contributed by atoms with van der Waals surface area (Å²) in [6, 6.07) is 4.98. The minimum absolute atomic E-state index is 0.320. The molecule has 15 heavy (non-hydrogen) atoms. The molecule has 0 spiro atoms. The van der Waals surface area contributed by atoms with Crippen LogP contribution in [0.1, 0.15) is 18.4 Å². The lowest BCUT2D eigenvalue weighted by Crippen LogP contribution is -2.20. The van der Waals surface area contributed by atoms with Crippen LogP contribution in [0.4, 0.5) is 0 Å². The van der Waals surface area contributed by atoms with Gasteiger partial charge in [-0.3, -0.25) is 4.79 Å². The lowest BCUT2D eigenvalue weighted by atomic mass is 9.97. The first-order valence-electron chi connectivity index (χ1n) is 4.25. The lowest BCUT2D eigenvalue weighted by molar-refractivity contribution is -0.136. The van der Waals surface area contributed by atoms with Gasteiger partial charge in [-0.2, -0.15) is 0 Å². The first-order valence-corrected chi connectivity index (χ1v) is 5.44. The number of aliphatic carboxylic acids is 1. The summed E-state index contributed by atoms with van der Waals surface area (Å²) < 4.78 is 0. The van der Waals surface area contributed by atoms with Crippen LogP contribution in [0.3, 0.4) is 0 Å². The topological polar surface area (TPSA) is 37.3 Å². The summed E-state index contributed by atoms with van der Waals surface area (Å²) in [5.74, 6) is -1.37. The first kappa shape index (κ1) is 12.6. The Morgan fingerprint density at radius 1 is 1.33 bits per heavy atom. The van der Waals surface area contributed by atoms with E-state index >= 15 is 0 Å². The van der Waals surface area contributed by atoms with Crippen molar-refractivity contribution >= 4 is 40.8 Å². The Morgan fingerprint density at radius 3 is 2.40 bits per heavy atom. The number of carboxylic acid groups (broad SMARTS) is 1.